The zero-order valence-corrected chi connectivity index (χ0v) is 29.4. The summed E-state index contributed by atoms with van der Waals surface area (Å²) >= 11 is 7.95. The Hall–Kier alpha value is -4.62. The number of esters is 1. The molecule has 0 saturated carbocycles. The molecule has 0 spiro atoms. The number of carbonyl (C=O) groups is 2. The number of likely N-dealkylation sites (tertiary alicyclic amines) is 1. The Balaban J connectivity index is 1.20. The third kappa shape index (κ3) is 7.37. The maximum atomic E-state index is 15.1. The Morgan fingerprint density at radius 1 is 1.10 bits per heavy atom. The normalized spacial score (nSPS) is 14.3. The number of methoxy groups -OCH3 is 1. The van der Waals surface area contributed by atoms with Gasteiger partial charge in [0, 0.05) is 56.4 Å². The molecule has 4 heterocycles. The van der Waals surface area contributed by atoms with Crippen LogP contribution in [-0.4, -0.2) is 69.2 Å². The van der Waals surface area contributed by atoms with Gasteiger partial charge in [-0.2, -0.15) is 5.10 Å². The first-order valence-corrected chi connectivity index (χ1v) is 17.1. The van der Waals surface area contributed by atoms with Crippen LogP contribution in [0.4, 0.5) is 9.18 Å². The molecule has 49 heavy (non-hydrogen) atoms. The standard InChI is InChI=1S/C35H37ClFN5O6S/c1-20(2)18-46-35(44)41-12-10-24(11-13-41)48-32-26(37)8-7-25(31(32)36)21(3)47-29-15-30(49-33(29)34(43)45-5)42-19-38-27-14-22(6-9-28(27)42)23-16-39-40(4)17-23/h6-9,14-17,19-21,24H,10-13,18H2,1-5H3/t21-/m1/s1. The molecule has 11 nitrogen and oxygen atoms in total. The van der Waals surface area contributed by atoms with E-state index in [9.17, 15) is 9.59 Å². The molecule has 1 saturated heterocycles. The molecule has 6 rings (SSSR count). The first kappa shape index (κ1) is 34.3. The highest BCUT2D eigenvalue weighted by Crippen LogP contribution is 2.41. The van der Waals surface area contributed by atoms with Crippen LogP contribution in [0, 0.1) is 11.7 Å². The lowest BCUT2D eigenvalue weighted by atomic mass is 10.1. The summed E-state index contributed by atoms with van der Waals surface area (Å²) in [6, 6.07) is 10.5. The van der Waals surface area contributed by atoms with Crippen LogP contribution in [0.5, 0.6) is 11.5 Å². The fraction of sp³-hybridized carbons (Fsp3) is 0.371. The third-order valence-corrected chi connectivity index (χ3v) is 9.71. The van der Waals surface area contributed by atoms with Crippen molar-refractivity contribution in [3.8, 4) is 27.6 Å². The predicted octanol–water partition coefficient (Wildman–Crippen LogP) is 7.84. The second-order valence-electron chi connectivity index (χ2n) is 12.3. The lowest BCUT2D eigenvalue weighted by molar-refractivity contribution is 0.0592. The van der Waals surface area contributed by atoms with Gasteiger partial charge < -0.3 is 23.8 Å². The van der Waals surface area contributed by atoms with Gasteiger partial charge in [-0.15, -0.1) is 11.3 Å². The Morgan fingerprint density at radius 2 is 1.88 bits per heavy atom. The molecule has 1 fully saturated rings. The minimum atomic E-state index is -0.694. The molecule has 2 aromatic carbocycles. The van der Waals surface area contributed by atoms with E-state index in [1.54, 1.807) is 35.1 Å². The van der Waals surface area contributed by atoms with Gasteiger partial charge in [0.2, 0.25) is 0 Å². The highest BCUT2D eigenvalue weighted by molar-refractivity contribution is 7.16. The molecule has 1 aliphatic rings. The largest absolute Gasteiger partial charge is 0.486 e. The lowest BCUT2D eigenvalue weighted by Gasteiger charge is -2.32. The van der Waals surface area contributed by atoms with Crippen molar-refractivity contribution in [3.63, 3.8) is 0 Å². The Morgan fingerprint density at radius 3 is 2.57 bits per heavy atom. The zero-order valence-electron chi connectivity index (χ0n) is 27.8. The Bertz CT molecular complexity index is 1980. The lowest BCUT2D eigenvalue weighted by Crippen LogP contribution is -2.42. The summed E-state index contributed by atoms with van der Waals surface area (Å²) in [6.07, 6.45) is 5.02. The van der Waals surface area contributed by atoms with Crippen LogP contribution < -0.4 is 9.47 Å². The summed E-state index contributed by atoms with van der Waals surface area (Å²) in [4.78, 5) is 31.7. The van der Waals surface area contributed by atoms with Gasteiger partial charge in [-0.3, -0.25) is 9.25 Å². The van der Waals surface area contributed by atoms with Crippen molar-refractivity contribution in [1.82, 2.24) is 24.2 Å². The number of fused-ring (bicyclic) bond motifs is 1. The van der Waals surface area contributed by atoms with E-state index in [0.717, 1.165) is 22.2 Å². The number of nitrogens with zero attached hydrogens (tertiary/aromatic N) is 5. The van der Waals surface area contributed by atoms with Crippen LogP contribution in [0.25, 0.3) is 27.2 Å². The Kier molecular flexibility index (Phi) is 10.1. The number of hydrogen-bond donors (Lipinski definition) is 0. The zero-order chi connectivity index (χ0) is 34.8. The highest BCUT2D eigenvalue weighted by Gasteiger charge is 2.29. The number of ether oxygens (including phenoxy) is 4. The fourth-order valence-electron chi connectivity index (χ4n) is 5.62. The number of aromatic nitrogens is 4. The van der Waals surface area contributed by atoms with E-state index < -0.39 is 17.9 Å². The van der Waals surface area contributed by atoms with Gasteiger partial charge in [0.1, 0.15) is 29.3 Å². The van der Waals surface area contributed by atoms with Gasteiger partial charge in [0.05, 0.1) is 36.0 Å². The quantitative estimate of drug-likeness (QED) is 0.135. The molecule has 0 radical (unpaired) electrons. The molecule has 3 aromatic heterocycles. The predicted molar refractivity (Wildman–Crippen MR) is 184 cm³/mol. The van der Waals surface area contributed by atoms with E-state index in [1.807, 2.05) is 49.9 Å². The topological polar surface area (TPSA) is 110 Å². The average molecular weight is 710 g/mol. The van der Waals surface area contributed by atoms with Crippen LogP contribution in [0.1, 0.15) is 55.0 Å². The van der Waals surface area contributed by atoms with Gasteiger partial charge in [0.15, 0.2) is 16.4 Å². The van der Waals surface area contributed by atoms with Crippen molar-refractivity contribution >= 4 is 46.0 Å². The molecule has 1 aliphatic heterocycles. The number of benzene rings is 2. The molecular formula is C35H37ClFN5O6S. The second-order valence-corrected chi connectivity index (χ2v) is 13.7. The van der Waals surface area contributed by atoms with Crippen molar-refractivity contribution in [3.05, 3.63) is 76.4 Å². The monoisotopic (exact) mass is 709 g/mol. The van der Waals surface area contributed by atoms with Crippen molar-refractivity contribution in [2.24, 2.45) is 13.0 Å². The van der Waals surface area contributed by atoms with Gasteiger partial charge in [-0.1, -0.05) is 37.6 Å². The van der Waals surface area contributed by atoms with Crippen LogP contribution in [0.15, 0.2) is 55.1 Å². The number of carbonyl (C=O) groups excluding carboxylic acids is 2. The van der Waals surface area contributed by atoms with E-state index in [1.165, 1.54) is 30.6 Å². The minimum Gasteiger partial charge on any atom is -0.486 e. The van der Waals surface area contributed by atoms with Crippen molar-refractivity contribution in [2.75, 3.05) is 26.8 Å². The maximum Gasteiger partial charge on any atom is 0.409 e. The highest BCUT2D eigenvalue weighted by atomic mass is 35.5. The molecule has 0 N–H and O–H groups in total. The van der Waals surface area contributed by atoms with Crippen molar-refractivity contribution in [2.45, 2.75) is 45.8 Å². The molecule has 0 aliphatic carbocycles. The number of halogens is 2. The number of thiophene rings is 1. The summed E-state index contributed by atoms with van der Waals surface area (Å²) in [5.41, 5.74) is 4.05. The number of imidazole rings is 1. The van der Waals surface area contributed by atoms with Crippen LogP contribution >= 0.6 is 22.9 Å². The van der Waals surface area contributed by atoms with E-state index >= 15 is 4.39 Å². The summed E-state index contributed by atoms with van der Waals surface area (Å²) in [7, 11) is 3.17. The average Bonchev–Trinajstić information content (AvgIpc) is 3.83. The molecule has 14 heteroatoms. The first-order valence-electron chi connectivity index (χ1n) is 15.9. The molecule has 1 amide bonds. The van der Waals surface area contributed by atoms with E-state index in [4.69, 9.17) is 30.5 Å². The fourth-order valence-corrected chi connectivity index (χ4v) is 6.96. The SMILES string of the molecule is COC(=O)c1sc(-n2cnc3cc(-c4cnn(C)c4)ccc32)cc1O[C@H](C)c1ccc(F)c(OC2CCN(C(=O)OCC(C)C)CC2)c1Cl. The first-order chi connectivity index (χ1) is 23.5. The van der Waals surface area contributed by atoms with E-state index in [-0.39, 0.29) is 39.5 Å². The van der Waals surface area contributed by atoms with Gasteiger partial charge in [0.25, 0.3) is 0 Å². The van der Waals surface area contributed by atoms with Gasteiger partial charge in [-0.25, -0.2) is 19.0 Å². The minimum absolute atomic E-state index is 0.0753. The Labute approximate surface area is 292 Å². The van der Waals surface area contributed by atoms with E-state index in [2.05, 4.69) is 10.1 Å². The number of hydrogen-bond acceptors (Lipinski definition) is 9. The summed E-state index contributed by atoms with van der Waals surface area (Å²) < 4.78 is 41.5. The van der Waals surface area contributed by atoms with Crippen LogP contribution in [-0.2, 0) is 16.5 Å². The van der Waals surface area contributed by atoms with Crippen molar-refractivity contribution in [1.29, 1.82) is 0 Å². The van der Waals surface area contributed by atoms with Crippen LogP contribution in [0.2, 0.25) is 5.02 Å². The molecule has 0 bridgehead atoms. The molecular weight excluding hydrogens is 673 g/mol. The number of rotatable bonds is 10. The number of piperidine rings is 1. The number of aryl methyl sites for hydroxylation is 1. The number of amides is 1. The molecule has 0 unspecified atom stereocenters. The third-order valence-electron chi connectivity index (χ3n) is 8.22. The van der Waals surface area contributed by atoms with E-state index in [0.29, 0.717) is 43.1 Å². The summed E-state index contributed by atoms with van der Waals surface area (Å²) in [5, 5.41) is 5.01. The molecule has 258 valence electrons. The second kappa shape index (κ2) is 14.5. The summed E-state index contributed by atoms with van der Waals surface area (Å²) in [5.74, 6) is -0.716. The van der Waals surface area contributed by atoms with Gasteiger partial charge >= 0.3 is 12.1 Å². The van der Waals surface area contributed by atoms with Crippen LogP contribution in [0.3, 0.4) is 0 Å². The van der Waals surface area contributed by atoms with Crippen molar-refractivity contribution < 1.29 is 32.9 Å². The molecule has 5 aromatic rings. The summed E-state index contributed by atoms with van der Waals surface area (Å²) in [6.45, 7) is 6.92. The maximum absolute atomic E-state index is 15.1. The molecule has 1 atom stereocenters. The van der Waals surface area contributed by atoms with Gasteiger partial charge in [-0.05, 0) is 36.6 Å². The smallest absolute Gasteiger partial charge is 0.409 e.